The van der Waals surface area contributed by atoms with Gasteiger partial charge in [0, 0.05) is 0 Å². The first-order chi connectivity index (χ1) is 9.13. The van der Waals surface area contributed by atoms with Gasteiger partial charge in [0.2, 0.25) is 0 Å². The van der Waals surface area contributed by atoms with Crippen LogP contribution in [0.15, 0.2) is 0 Å². The molecule has 0 aromatic rings. The molecule has 0 saturated carbocycles. The third kappa shape index (κ3) is 8.42. The highest BCUT2D eigenvalue weighted by molar-refractivity contribution is 7.54. The number of hydrogen-bond acceptors (Lipinski definition) is 8. The molecule has 0 aromatic heterocycles. The molecule has 0 amide bonds. The van der Waals surface area contributed by atoms with Crippen molar-refractivity contribution in [2.75, 3.05) is 25.4 Å². The highest BCUT2D eigenvalue weighted by Gasteiger charge is 2.33. The van der Waals surface area contributed by atoms with Gasteiger partial charge in [-0.05, 0) is 25.9 Å². The van der Waals surface area contributed by atoms with E-state index in [1.54, 1.807) is 0 Å². The van der Waals surface area contributed by atoms with Crippen molar-refractivity contribution in [3.05, 3.63) is 0 Å². The van der Waals surface area contributed by atoms with Crippen LogP contribution < -0.4 is 11.5 Å². The van der Waals surface area contributed by atoms with Gasteiger partial charge in [-0.2, -0.15) is 0 Å². The van der Waals surface area contributed by atoms with Crippen LogP contribution in [-0.2, 0) is 27.8 Å². The second-order valence-corrected chi connectivity index (χ2v) is 7.57. The average Bonchev–Trinajstić information content (AvgIpc) is 2.33. The fourth-order valence-corrected chi connectivity index (χ4v) is 3.02. The van der Waals surface area contributed by atoms with Crippen molar-refractivity contribution in [1.82, 2.24) is 0 Å². The predicted molar refractivity (Wildman–Crippen MR) is 68.9 cm³/mol. The lowest BCUT2D eigenvalue weighted by Gasteiger charge is -2.13. The Hall–Kier alpha value is -0.760. The van der Waals surface area contributed by atoms with E-state index in [1.807, 2.05) is 0 Å². The second kappa shape index (κ2) is 8.51. The summed E-state index contributed by atoms with van der Waals surface area (Å²) in [6, 6.07) is 0. The zero-order chi connectivity index (χ0) is 15.8. The molecule has 10 nitrogen and oxygen atoms in total. The topological polar surface area (TPSA) is 179 Å². The highest BCUT2D eigenvalue weighted by atomic mass is 31.2. The van der Waals surface area contributed by atoms with Gasteiger partial charge in [-0.1, -0.05) is 0 Å². The fraction of sp³-hybridized carbons (Fsp3) is 0.750. The molecule has 0 aliphatic heterocycles. The van der Waals surface area contributed by atoms with E-state index in [2.05, 4.69) is 9.05 Å². The molecule has 0 aliphatic carbocycles. The van der Waals surface area contributed by atoms with Crippen molar-refractivity contribution in [1.29, 1.82) is 0 Å². The van der Waals surface area contributed by atoms with Crippen molar-refractivity contribution < 1.29 is 37.6 Å². The summed E-state index contributed by atoms with van der Waals surface area (Å²) >= 11 is 0. The summed E-state index contributed by atoms with van der Waals surface area (Å²) in [5, 5.41) is 0. The van der Waals surface area contributed by atoms with Gasteiger partial charge in [0.25, 0.3) is 0 Å². The van der Waals surface area contributed by atoms with E-state index in [1.165, 1.54) is 0 Å². The standard InChI is InChI=1S/C8H18N2O8P2/c9-3-1-5-19(13,14)17-7(11)8(12)18-20(15,16)6-2-4-10/h1-6,9-10H2,(H,13,14)(H,15,16). The van der Waals surface area contributed by atoms with Crippen LogP contribution in [0.3, 0.4) is 0 Å². The van der Waals surface area contributed by atoms with Crippen LogP contribution in [0.1, 0.15) is 12.8 Å². The minimum Gasteiger partial charge on any atom is -0.383 e. The maximum atomic E-state index is 11.3. The first-order valence-electron chi connectivity index (χ1n) is 5.65. The number of carbonyl (C=O) groups is 2. The summed E-state index contributed by atoms with van der Waals surface area (Å²) in [5.74, 6) is -3.62. The minimum atomic E-state index is -4.33. The molecule has 6 N–H and O–H groups in total. The molecular weight excluding hydrogens is 314 g/mol. The Morgan fingerprint density at radius 3 is 1.40 bits per heavy atom. The van der Waals surface area contributed by atoms with Crippen LogP contribution in [0, 0.1) is 0 Å². The molecule has 0 saturated heterocycles. The molecule has 118 valence electrons. The normalized spacial score (nSPS) is 16.8. The van der Waals surface area contributed by atoms with Gasteiger partial charge in [-0.3, -0.25) is 0 Å². The zero-order valence-electron chi connectivity index (χ0n) is 10.6. The van der Waals surface area contributed by atoms with Gasteiger partial charge in [-0.15, -0.1) is 0 Å². The third-order valence-electron chi connectivity index (χ3n) is 1.91. The number of hydrogen-bond donors (Lipinski definition) is 4. The molecule has 2 unspecified atom stereocenters. The lowest BCUT2D eigenvalue weighted by atomic mass is 10.5. The van der Waals surface area contributed by atoms with Gasteiger partial charge in [-0.25, -0.2) is 18.7 Å². The Bertz CT molecular complexity index is 400. The number of rotatable bonds is 8. The van der Waals surface area contributed by atoms with Crippen LogP contribution in [0.2, 0.25) is 0 Å². The molecule has 0 rings (SSSR count). The van der Waals surface area contributed by atoms with Crippen molar-refractivity contribution >= 4 is 27.1 Å². The zero-order valence-corrected chi connectivity index (χ0v) is 12.4. The first kappa shape index (κ1) is 19.2. The second-order valence-electron chi connectivity index (χ2n) is 3.76. The SMILES string of the molecule is NCCCP(=O)(O)OC(=O)C(=O)OP(=O)(O)CCCN. The molecule has 0 fully saturated rings. The molecule has 0 aromatic carbocycles. The lowest BCUT2D eigenvalue weighted by Crippen LogP contribution is -2.20. The Morgan fingerprint density at radius 1 is 0.850 bits per heavy atom. The van der Waals surface area contributed by atoms with Crippen LogP contribution in [0.5, 0.6) is 0 Å². The Labute approximate surface area is 115 Å². The lowest BCUT2D eigenvalue weighted by molar-refractivity contribution is -0.156. The summed E-state index contributed by atoms with van der Waals surface area (Å²) in [4.78, 5) is 40.7. The Morgan fingerprint density at radius 2 is 1.15 bits per heavy atom. The summed E-state index contributed by atoms with van der Waals surface area (Å²) < 4.78 is 30.7. The van der Waals surface area contributed by atoms with Crippen molar-refractivity contribution in [2.24, 2.45) is 11.5 Å². The molecule has 0 aliphatic rings. The van der Waals surface area contributed by atoms with E-state index in [-0.39, 0.29) is 25.9 Å². The number of nitrogens with two attached hydrogens (primary N) is 2. The molecule has 0 bridgehead atoms. The summed E-state index contributed by atoms with van der Waals surface area (Å²) in [6.45, 7) is 0.189. The van der Waals surface area contributed by atoms with Crippen LogP contribution in [0.4, 0.5) is 0 Å². The van der Waals surface area contributed by atoms with Crippen molar-refractivity contribution in [3.63, 3.8) is 0 Å². The number of carbonyl (C=O) groups excluding carboxylic acids is 2. The molecule has 0 radical (unpaired) electrons. The minimum absolute atomic E-state index is 0.0947. The van der Waals surface area contributed by atoms with Gasteiger partial charge in [0.15, 0.2) is 0 Å². The maximum absolute atomic E-state index is 11.3. The predicted octanol–water partition coefficient (Wildman–Crippen LogP) is -0.859. The van der Waals surface area contributed by atoms with E-state index in [0.29, 0.717) is 0 Å². The molecule has 2 atom stereocenters. The van der Waals surface area contributed by atoms with Gasteiger partial charge >= 0.3 is 27.1 Å². The summed E-state index contributed by atoms with van der Waals surface area (Å²) in [5.41, 5.74) is 10.2. The molecule has 0 spiro atoms. The van der Waals surface area contributed by atoms with Gasteiger partial charge in [0.05, 0.1) is 12.3 Å². The van der Waals surface area contributed by atoms with Gasteiger partial charge < -0.3 is 30.3 Å². The first-order valence-corrected chi connectivity index (χ1v) is 9.17. The van der Waals surface area contributed by atoms with Crippen molar-refractivity contribution in [2.45, 2.75) is 12.8 Å². The van der Waals surface area contributed by atoms with Gasteiger partial charge in [0.1, 0.15) is 0 Å². The van der Waals surface area contributed by atoms with E-state index in [0.717, 1.165) is 0 Å². The van der Waals surface area contributed by atoms with E-state index in [9.17, 15) is 28.5 Å². The average molecular weight is 332 g/mol. The van der Waals surface area contributed by atoms with E-state index in [4.69, 9.17) is 11.5 Å². The molecule has 20 heavy (non-hydrogen) atoms. The summed E-state index contributed by atoms with van der Waals surface area (Å²) in [7, 11) is -8.65. The van der Waals surface area contributed by atoms with E-state index < -0.39 is 39.5 Å². The summed E-state index contributed by atoms with van der Waals surface area (Å²) in [6.07, 6.45) is -0.644. The van der Waals surface area contributed by atoms with Crippen LogP contribution in [0.25, 0.3) is 0 Å². The fourth-order valence-electron chi connectivity index (χ4n) is 1.01. The monoisotopic (exact) mass is 332 g/mol. The van der Waals surface area contributed by atoms with Crippen LogP contribution >= 0.6 is 15.2 Å². The molecular formula is C8H18N2O8P2. The highest BCUT2D eigenvalue weighted by Crippen LogP contribution is 2.45. The van der Waals surface area contributed by atoms with E-state index >= 15 is 0 Å². The van der Waals surface area contributed by atoms with Crippen LogP contribution in [-0.4, -0.2) is 47.1 Å². The van der Waals surface area contributed by atoms with Crippen molar-refractivity contribution in [3.8, 4) is 0 Å². The quantitative estimate of drug-likeness (QED) is 0.322. The Kier molecular flexibility index (Phi) is 8.19. The largest absolute Gasteiger partial charge is 0.424 e. The Balaban J connectivity index is 4.45. The molecule has 0 heterocycles. The molecule has 12 heteroatoms. The third-order valence-corrected chi connectivity index (χ3v) is 4.57. The maximum Gasteiger partial charge on any atom is 0.424 e. The smallest absolute Gasteiger partial charge is 0.383 e.